The number of hydrogen-bond donors (Lipinski definition) is 1. The largest absolute Gasteiger partial charge is 0.383 e. The van der Waals surface area contributed by atoms with Crippen LogP contribution in [0.4, 0.5) is 0 Å². The lowest BCUT2D eigenvalue weighted by Gasteiger charge is -2.18. The SMILES string of the molecule is CC[C@@H](C)n1c(SCC(=O)NCCOC)nc2ccccc2c1=O. The quantitative estimate of drug-likeness (QED) is 0.449. The smallest absolute Gasteiger partial charge is 0.262 e. The summed E-state index contributed by atoms with van der Waals surface area (Å²) in [6.45, 7) is 4.96. The molecule has 0 bridgehead atoms. The van der Waals surface area contributed by atoms with Gasteiger partial charge in [0.25, 0.3) is 5.56 Å². The van der Waals surface area contributed by atoms with Crippen molar-refractivity contribution in [3.8, 4) is 0 Å². The van der Waals surface area contributed by atoms with Crippen LogP contribution in [-0.2, 0) is 9.53 Å². The monoisotopic (exact) mass is 349 g/mol. The second kappa shape index (κ2) is 8.84. The van der Waals surface area contributed by atoms with Crippen LogP contribution in [-0.4, -0.2) is 41.5 Å². The third-order valence-electron chi connectivity index (χ3n) is 3.77. The van der Waals surface area contributed by atoms with Crippen LogP contribution in [0.5, 0.6) is 0 Å². The number of carbonyl (C=O) groups excluding carboxylic acids is 1. The van der Waals surface area contributed by atoms with E-state index in [1.807, 2.05) is 32.0 Å². The van der Waals surface area contributed by atoms with Crippen molar-refractivity contribution in [3.05, 3.63) is 34.6 Å². The van der Waals surface area contributed by atoms with Crippen molar-refractivity contribution in [2.75, 3.05) is 26.0 Å². The van der Waals surface area contributed by atoms with Gasteiger partial charge in [0.15, 0.2) is 5.16 Å². The van der Waals surface area contributed by atoms with E-state index in [4.69, 9.17) is 4.74 Å². The van der Waals surface area contributed by atoms with Crippen LogP contribution in [0, 0.1) is 0 Å². The van der Waals surface area contributed by atoms with Gasteiger partial charge < -0.3 is 10.1 Å². The first-order chi connectivity index (χ1) is 11.6. The summed E-state index contributed by atoms with van der Waals surface area (Å²) in [6, 6.07) is 7.32. The maximum Gasteiger partial charge on any atom is 0.262 e. The Morgan fingerprint density at radius 2 is 2.17 bits per heavy atom. The number of fused-ring (bicyclic) bond motifs is 1. The Morgan fingerprint density at radius 3 is 2.88 bits per heavy atom. The number of benzene rings is 1. The highest BCUT2D eigenvalue weighted by Gasteiger charge is 2.16. The number of hydrogen-bond acceptors (Lipinski definition) is 5. The highest BCUT2D eigenvalue weighted by atomic mass is 32.2. The van der Waals surface area contributed by atoms with E-state index < -0.39 is 0 Å². The number of ether oxygens (including phenoxy) is 1. The number of thioether (sulfide) groups is 1. The average molecular weight is 349 g/mol. The Bertz CT molecular complexity index is 760. The Labute approximate surface area is 145 Å². The van der Waals surface area contributed by atoms with Gasteiger partial charge in [-0.05, 0) is 25.5 Å². The first-order valence-electron chi connectivity index (χ1n) is 7.98. The summed E-state index contributed by atoms with van der Waals surface area (Å²) < 4.78 is 6.59. The molecule has 0 radical (unpaired) electrons. The first-order valence-corrected chi connectivity index (χ1v) is 8.96. The maximum atomic E-state index is 12.8. The molecule has 0 saturated heterocycles. The third-order valence-corrected chi connectivity index (χ3v) is 4.72. The molecule has 1 amide bonds. The number of nitrogens with zero attached hydrogens (tertiary/aromatic N) is 2. The number of carbonyl (C=O) groups is 1. The van der Waals surface area contributed by atoms with Crippen LogP contribution >= 0.6 is 11.8 Å². The van der Waals surface area contributed by atoms with E-state index in [-0.39, 0.29) is 23.3 Å². The highest BCUT2D eigenvalue weighted by Crippen LogP contribution is 2.22. The minimum atomic E-state index is -0.102. The molecule has 6 nitrogen and oxygen atoms in total. The summed E-state index contributed by atoms with van der Waals surface area (Å²) in [7, 11) is 1.59. The fourth-order valence-corrected chi connectivity index (χ4v) is 3.20. The topological polar surface area (TPSA) is 73.2 Å². The normalized spacial score (nSPS) is 12.3. The summed E-state index contributed by atoms with van der Waals surface area (Å²) in [5.74, 6) is 0.112. The lowest BCUT2D eigenvalue weighted by Crippen LogP contribution is -2.30. The fourth-order valence-electron chi connectivity index (χ4n) is 2.27. The van der Waals surface area contributed by atoms with Gasteiger partial charge in [-0.1, -0.05) is 30.8 Å². The van der Waals surface area contributed by atoms with Gasteiger partial charge in [-0.3, -0.25) is 14.2 Å². The summed E-state index contributed by atoms with van der Waals surface area (Å²) in [5, 5.41) is 3.95. The van der Waals surface area contributed by atoms with Crippen LogP contribution in [0.1, 0.15) is 26.3 Å². The highest BCUT2D eigenvalue weighted by molar-refractivity contribution is 7.99. The molecule has 1 atom stereocenters. The van der Waals surface area contributed by atoms with Crippen molar-refractivity contribution in [1.82, 2.24) is 14.9 Å². The molecule has 1 heterocycles. The molecule has 0 aliphatic rings. The minimum Gasteiger partial charge on any atom is -0.383 e. The van der Waals surface area contributed by atoms with Gasteiger partial charge in [-0.25, -0.2) is 4.98 Å². The van der Waals surface area contributed by atoms with Gasteiger partial charge in [-0.15, -0.1) is 0 Å². The molecule has 130 valence electrons. The molecule has 1 N–H and O–H groups in total. The molecule has 0 spiro atoms. The molecule has 0 aliphatic carbocycles. The number of rotatable bonds is 8. The first kappa shape index (κ1) is 18.5. The molecule has 2 rings (SSSR count). The molecular formula is C17H23N3O3S. The predicted octanol–water partition coefficient (Wildman–Crippen LogP) is 2.22. The average Bonchev–Trinajstić information content (AvgIpc) is 2.59. The molecule has 2 aromatic rings. The van der Waals surface area contributed by atoms with Crippen LogP contribution < -0.4 is 10.9 Å². The number of para-hydroxylation sites is 1. The zero-order valence-corrected chi connectivity index (χ0v) is 15.1. The van der Waals surface area contributed by atoms with Crippen molar-refractivity contribution in [3.63, 3.8) is 0 Å². The van der Waals surface area contributed by atoms with E-state index in [0.29, 0.717) is 29.2 Å². The number of aromatic nitrogens is 2. The molecule has 1 aromatic carbocycles. The standard InChI is InChI=1S/C17H23N3O3S/c1-4-12(2)20-16(22)13-7-5-6-8-14(13)19-17(20)24-11-15(21)18-9-10-23-3/h5-8,12H,4,9-11H2,1-3H3,(H,18,21)/t12-/m1/s1. The number of methoxy groups -OCH3 is 1. The molecule has 0 unspecified atom stereocenters. The van der Waals surface area contributed by atoms with E-state index in [0.717, 1.165) is 6.42 Å². The van der Waals surface area contributed by atoms with E-state index in [2.05, 4.69) is 10.3 Å². The lowest BCUT2D eigenvalue weighted by molar-refractivity contribution is -0.118. The summed E-state index contributed by atoms with van der Waals surface area (Å²) in [4.78, 5) is 29.3. The van der Waals surface area contributed by atoms with Gasteiger partial charge in [0.2, 0.25) is 5.91 Å². The van der Waals surface area contributed by atoms with Gasteiger partial charge in [0, 0.05) is 19.7 Å². The third kappa shape index (κ3) is 4.36. The Hall–Kier alpha value is -1.86. The maximum absolute atomic E-state index is 12.8. The van der Waals surface area contributed by atoms with Crippen molar-refractivity contribution in [2.45, 2.75) is 31.5 Å². The van der Waals surface area contributed by atoms with Crippen molar-refractivity contribution < 1.29 is 9.53 Å². The molecule has 0 aliphatic heterocycles. The molecule has 1 aromatic heterocycles. The predicted molar refractivity (Wildman–Crippen MR) is 96.6 cm³/mol. The van der Waals surface area contributed by atoms with E-state index >= 15 is 0 Å². The number of amides is 1. The van der Waals surface area contributed by atoms with Crippen LogP contribution in [0.15, 0.2) is 34.2 Å². The van der Waals surface area contributed by atoms with Crippen LogP contribution in [0.25, 0.3) is 10.9 Å². The summed E-state index contributed by atoms with van der Waals surface area (Å²) in [5.41, 5.74) is 0.599. The van der Waals surface area contributed by atoms with E-state index in [1.165, 1.54) is 11.8 Å². The minimum absolute atomic E-state index is 0.0219. The molecule has 7 heteroatoms. The van der Waals surface area contributed by atoms with E-state index in [9.17, 15) is 9.59 Å². The Balaban J connectivity index is 2.27. The summed E-state index contributed by atoms with van der Waals surface area (Å²) >= 11 is 1.28. The molecular weight excluding hydrogens is 326 g/mol. The zero-order valence-electron chi connectivity index (χ0n) is 14.2. The molecule has 0 saturated carbocycles. The van der Waals surface area contributed by atoms with Crippen LogP contribution in [0.3, 0.4) is 0 Å². The molecule has 24 heavy (non-hydrogen) atoms. The van der Waals surface area contributed by atoms with Gasteiger partial charge in [-0.2, -0.15) is 0 Å². The van der Waals surface area contributed by atoms with Crippen molar-refractivity contribution >= 4 is 28.6 Å². The summed E-state index contributed by atoms with van der Waals surface area (Å²) in [6.07, 6.45) is 0.813. The van der Waals surface area contributed by atoms with Gasteiger partial charge in [0.05, 0.1) is 23.3 Å². The Kier molecular flexibility index (Phi) is 6.81. The Morgan fingerprint density at radius 1 is 1.42 bits per heavy atom. The molecule has 0 fully saturated rings. The fraction of sp³-hybridized carbons (Fsp3) is 0.471. The lowest BCUT2D eigenvalue weighted by atomic mass is 10.2. The van der Waals surface area contributed by atoms with Gasteiger partial charge in [0.1, 0.15) is 0 Å². The second-order valence-corrected chi connectivity index (χ2v) is 6.42. The number of nitrogens with one attached hydrogen (secondary N) is 1. The van der Waals surface area contributed by atoms with Crippen molar-refractivity contribution in [1.29, 1.82) is 0 Å². The second-order valence-electron chi connectivity index (χ2n) is 5.48. The van der Waals surface area contributed by atoms with Crippen molar-refractivity contribution in [2.24, 2.45) is 0 Å². The van der Waals surface area contributed by atoms with Gasteiger partial charge >= 0.3 is 0 Å². The van der Waals surface area contributed by atoms with Crippen LogP contribution in [0.2, 0.25) is 0 Å². The van der Waals surface area contributed by atoms with E-state index in [1.54, 1.807) is 17.7 Å². The zero-order chi connectivity index (χ0) is 17.5.